The van der Waals surface area contributed by atoms with E-state index in [1.807, 2.05) is 0 Å². The van der Waals surface area contributed by atoms with Crippen molar-refractivity contribution in [3.8, 4) is 0 Å². The van der Waals surface area contributed by atoms with E-state index in [-0.39, 0.29) is 7.43 Å². The second-order valence-electron chi connectivity index (χ2n) is 4.16. The van der Waals surface area contributed by atoms with E-state index >= 15 is 0 Å². The second kappa shape index (κ2) is 6.51. The van der Waals surface area contributed by atoms with E-state index in [1.165, 1.54) is 44.9 Å². The minimum absolute atomic E-state index is 0. The average Bonchev–Trinajstić information content (AvgIpc) is 2.03. The molecule has 1 rings (SSSR count). The van der Waals surface area contributed by atoms with Crippen LogP contribution in [0.15, 0.2) is 0 Å². The Labute approximate surface area is 78.8 Å². The van der Waals surface area contributed by atoms with Gasteiger partial charge in [-0.15, -0.1) is 0 Å². The van der Waals surface area contributed by atoms with Crippen molar-refractivity contribution in [2.75, 3.05) is 0 Å². The van der Waals surface area contributed by atoms with Crippen molar-refractivity contribution in [2.45, 2.75) is 66.2 Å². The van der Waals surface area contributed by atoms with Gasteiger partial charge in [0.2, 0.25) is 0 Å². The smallest absolute Gasteiger partial charge is 0.0388 e. The van der Waals surface area contributed by atoms with E-state index in [0.29, 0.717) is 0 Å². The lowest BCUT2D eigenvalue weighted by Gasteiger charge is -2.28. The first-order valence-electron chi connectivity index (χ1n) is 5.34. The lowest BCUT2D eigenvalue weighted by atomic mass is 9.78. The summed E-state index contributed by atoms with van der Waals surface area (Å²) in [6.07, 6.45) is 10.3. The van der Waals surface area contributed by atoms with Crippen LogP contribution >= 0.6 is 0 Å². The molecule has 1 aliphatic carbocycles. The minimum atomic E-state index is 0. The van der Waals surface area contributed by atoms with E-state index in [9.17, 15) is 0 Å². The van der Waals surface area contributed by atoms with Crippen molar-refractivity contribution in [2.24, 2.45) is 11.8 Å². The molecule has 0 N–H and O–H groups in total. The number of hydrogen-bond acceptors (Lipinski definition) is 0. The minimum Gasteiger partial charge on any atom is -0.0776 e. The SMILES string of the molecule is C.CCCCC1CCCCC1C. The van der Waals surface area contributed by atoms with Crippen LogP contribution in [0.4, 0.5) is 0 Å². The highest BCUT2D eigenvalue weighted by Gasteiger charge is 2.19. The first-order chi connectivity index (χ1) is 5.34. The summed E-state index contributed by atoms with van der Waals surface area (Å²) in [5.41, 5.74) is 0. The molecule has 0 spiro atoms. The van der Waals surface area contributed by atoms with Crippen LogP contribution in [0, 0.1) is 11.8 Å². The third-order valence-corrected chi connectivity index (χ3v) is 3.22. The molecule has 0 amide bonds. The highest BCUT2D eigenvalue weighted by atomic mass is 14.3. The van der Waals surface area contributed by atoms with Crippen molar-refractivity contribution >= 4 is 0 Å². The van der Waals surface area contributed by atoms with Crippen molar-refractivity contribution in [1.82, 2.24) is 0 Å². The van der Waals surface area contributed by atoms with Crippen molar-refractivity contribution in [1.29, 1.82) is 0 Å². The molecule has 74 valence electrons. The van der Waals surface area contributed by atoms with Gasteiger partial charge in [-0.3, -0.25) is 0 Å². The molecule has 0 saturated heterocycles. The molecular weight excluding hydrogens is 144 g/mol. The molecule has 12 heavy (non-hydrogen) atoms. The van der Waals surface area contributed by atoms with Gasteiger partial charge in [-0.05, 0) is 11.8 Å². The zero-order valence-electron chi connectivity index (χ0n) is 8.10. The van der Waals surface area contributed by atoms with E-state index in [0.717, 1.165) is 11.8 Å². The van der Waals surface area contributed by atoms with Gasteiger partial charge in [0, 0.05) is 0 Å². The Kier molecular flexibility index (Phi) is 6.51. The molecular formula is C12H26. The van der Waals surface area contributed by atoms with Crippen molar-refractivity contribution in [3.63, 3.8) is 0 Å². The van der Waals surface area contributed by atoms with E-state index in [2.05, 4.69) is 13.8 Å². The molecule has 0 aromatic rings. The number of unbranched alkanes of at least 4 members (excludes halogenated alkanes) is 1. The van der Waals surface area contributed by atoms with Crippen LogP contribution in [-0.2, 0) is 0 Å². The lowest BCUT2D eigenvalue weighted by molar-refractivity contribution is 0.237. The molecule has 2 atom stereocenters. The van der Waals surface area contributed by atoms with Crippen LogP contribution in [-0.4, -0.2) is 0 Å². The van der Waals surface area contributed by atoms with Crippen LogP contribution in [0.3, 0.4) is 0 Å². The molecule has 0 bridgehead atoms. The van der Waals surface area contributed by atoms with Gasteiger partial charge in [0.25, 0.3) is 0 Å². The third kappa shape index (κ3) is 3.60. The van der Waals surface area contributed by atoms with Crippen LogP contribution < -0.4 is 0 Å². The van der Waals surface area contributed by atoms with Gasteiger partial charge in [-0.1, -0.05) is 66.2 Å². The van der Waals surface area contributed by atoms with Crippen LogP contribution in [0.25, 0.3) is 0 Å². The van der Waals surface area contributed by atoms with Crippen LogP contribution in [0.1, 0.15) is 66.2 Å². The summed E-state index contributed by atoms with van der Waals surface area (Å²) in [4.78, 5) is 0. The third-order valence-electron chi connectivity index (χ3n) is 3.22. The maximum Gasteiger partial charge on any atom is -0.0388 e. The molecule has 1 aliphatic rings. The van der Waals surface area contributed by atoms with Gasteiger partial charge in [0.05, 0.1) is 0 Å². The Morgan fingerprint density at radius 1 is 1.17 bits per heavy atom. The molecule has 0 heterocycles. The largest absolute Gasteiger partial charge is 0.0776 e. The first kappa shape index (κ1) is 12.0. The van der Waals surface area contributed by atoms with Gasteiger partial charge in [0.15, 0.2) is 0 Å². The molecule has 0 aliphatic heterocycles. The maximum absolute atomic E-state index is 2.44. The molecule has 0 heteroatoms. The van der Waals surface area contributed by atoms with Crippen molar-refractivity contribution < 1.29 is 0 Å². The Morgan fingerprint density at radius 2 is 1.83 bits per heavy atom. The second-order valence-corrected chi connectivity index (χ2v) is 4.16. The zero-order chi connectivity index (χ0) is 8.10. The Bertz CT molecular complexity index is 96.2. The van der Waals surface area contributed by atoms with Gasteiger partial charge in [0.1, 0.15) is 0 Å². The maximum atomic E-state index is 2.44. The molecule has 1 saturated carbocycles. The standard InChI is InChI=1S/C11H22.CH4/c1-3-4-8-11-9-6-5-7-10(11)2;/h10-11H,3-9H2,1-2H3;1H4. The Balaban J connectivity index is 0.00000121. The lowest BCUT2D eigenvalue weighted by Crippen LogP contribution is -2.16. The molecule has 0 radical (unpaired) electrons. The van der Waals surface area contributed by atoms with E-state index in [4.69, 9.17) is 0 Å². The fraction of sp³-hybridized carbons (Fsp3) is 1.00. The predicted octanol–water partition coefficient (Wildman–Crippen LogP) is 4.64. The first-order valence-corrected chi connectivity index (χ1v) is 5.34. The highest BCUT2D eigenvalue weighted by molar-refractivity contribution is 4.71. The summed E-state index contributed by atoms with van der Waals surface area (Å²) in [6, 6.07) is 0. The Hall–Kier alpha value is 0. The summed E-state index contributed by atoms with van der Waals surface area (Å²) < 4.78 is 0. The monoisotopic (exact) mass is 170 g/mol. The van der Waals surface area contributed by atoms with Gasteiger partial charge < -0.3 is 0 Å². The van der Waals surface area contributed by atoms with Gasteiger partial charge >= 0.3 is 0 Å². The number of rotatable bonds is 3. The van der Waals surface area contributed by atoms with Gasteiger partial charge in [-0.25, -0.2) is 0 Å². The quantitative estimate of drug-likeness (QED) is 0.579. The molecule has 2 unspecified atom stereocenters. The summed E-state index contributed by atoms with van der Waals surface area (Å²) in [6.45, 7) is 4.74. The average molecular weight is 170 g/mol. The zero-order valence-corrected chi connectivity index (χ0v) is 8.10. The van der Waals surface area contributed by atoms with E-state index < -0.39 is 0 Å². The summed E-state index contributed by atoms with van der Waals surface area (Å²) in [5, 5.41) is 0. The van der Waals surface area contributed by atoms with Crippen molar-refractivity contribution in [3.05, 3.63) is 0 Å². The van der Waals surface area contributed by atoms with Crippen LogP contribution in [0.5, 0.6) is 0 Å². The molecule has 0 aromatic carbocycles. The fourth-order valence-corrected chi connectivity index (χ4v) is 2.29. The fourth-order valence-electron chi connectivity index (χ4n) is 2.29. The highest BCUT2D eigenvalue weighted by Crippen LogP contribution is 2.32. The molecule has 0 aromatic heterocycles. The predicted molar refractivity (Wildman–Crippen MR) is 57.4 cm³/mol. The Morgan fingerprint density at radius 3 is 2.42 bits per heavy atom. The normalized spacial score (nSPS) is 29.5. The topological polar surface area (TPSA) is 0 Å². The van der Waals surface area contributed by atoms with Crippen LogP contribution in [0.2, 0.25) is 0 Å². The molecule has 0 nitrogen and oxygen atoms in total. The summed E-state index contributed by atoms with van der Waals surface area (Å²) in [7, 11) is 0. The van der Waals surface area contributed by atoms with E-state index in [1.54, 1.807) is 0 Å². The summed E-state index contributed by atoms with van der Waals surface area (Å²) >= 11 is 0. The number of hydrogen-bond donors (Lipinski definition) is 0. The van der Waals surface area contributed by atoms with Gasteiger partial charge in [-0.2, -0.15) is 0 Å². The molecule has 1 fully saturated rings. The summed E-state index contributed by atoms with van der Waals surface area (Å²) in [5.74, 6) is 2.10.